The molecule has 2 aliphatic heterocycles. The second-order valence-corrected chi connectivity index (χ2v) is 11.3. The lowest BCUT2D eigenvalue weighted by Crippen LogP contribution is -2.31. The molecular formula is C19H29N5O12P2. The lowest BCUT2D eigenvalue weighted by molar-refractivity contribution is -0.256. The highest BCUT2D eigenvalue weighted by Crippen LogP contribution is 2.46. The average molecular weight is 581 g/mol. The van der Waals surface area contributed by atoms with E-state index in [1.165, 1.54) is 19.8 Å². The Labute approximate surface area is 217 Å². The second kappa shape index (κ2) is 12.1. The van der Waals surface area contributed by atoms with Crippen molar-refractivity contribution in [3.8, 4) is 0 Å². The maximum absolute atomic E-state index is 11.8. The molecule has 4 heterocycles. The Hall–Kier alpha value is -1.85. The highest BCUT2D eigenvalue weighted by atomic mass is 31.2. The van der Waals surface area contributed by atoms with Gasteiger partial charge >= 0.3 is 15.6 Å². The van der Waals surface area contributed by atoms with Crippen LogP contribution in [0.15, 0.2) is 24.3 Å². The van der Waals surface area contributed by atoms with E-state index in [4.69, 9.17) is 28.0 Å². The summed E-state index contributed by atoms with van der Waals surface area (Å²) in [6, 6.07) is 0. The van der Waals surface area contributed by atoms with E-state index in [0.717, 1.165) is 14.2 Å². The zero-order valence-corrected chi connectivity index (χ0v) is 22.7. The quantitative estimate of drug-likeness (QED) is 0.225. The summed E-state index contributed by atoms with van der Waals surface area (Å²) in [5.41, 5.74) is 1.55. The molecule has 2 saturated heterocycles. The third kappa shape index (κ3) is 6.65. The standard InChI is InChI=1S/C19H29N5O12P2/c1-11(7-32-37(25,26)30-3)5-6-20-16-13-17(22-9-21-16)24(10-23-13)18-15-14(35-19(29-2)36-15)12(34-18)8-33-38(27,28)31-4/h5,9-10,12,14-15,18-19H,6-8H2,1-4H3,(H,25,26)(H,27,28)(H,20,21,22)/b11-5+/t12-,14-,15-,18-,19?/m1/s1. The van der Waals surface area contributed by atoms with Crippen molar-refractivity contribution in [1.29, 1.82) is 0 Å². The minimum atomic E-state index is -4.24. The fourth-order valence-corrected chi connectivity index (χ4v) is 4.69. The van der Waals surface area contributed by atoms with Crippen molar-refractivity contribution < 1.29 is 56.0 Å². The minimum absolute atomic E-state index is 0.0930. The van der Waals surface area contributed by atoms with Crippen LogP contribution in [0.25, 0.3) is 11.2 Å². The van der Waals surface area contributed by atoms with E-state index in [0.29, 0.717) is 29.1 Å². The van der Waals surface area contributed by atoms with Gasteiger partial charge in [0, 0.05) is 27.9 Å². The Morgan fingerprint density at radius 3 is 2.50 bits per heavy atom. The van der Waals surface area contributed by atoms with Gasteiger partial charge in [0.2, 0.25) is 0 Å². The van der Waals surface area contributed by atoms with E-state index in [9.17, 15) is 18.9 Å². The SMILES string of the molecule is COC1O[C@@H]2[C@H](O1)[C@@H](COP(=O)(O)OC)O[C@H]2n1cnc2c(NC/C=C(\C)COP(=O)(O)OC)ncnc21. The van der Waals surface area contributed by atoms with E-state index < -0.39 is 46.7 Å². The van der Waals surface area contributed by atoms with Crippen LogP contribution in [0.2, 0.25) is 0 Å². The number of imidazole rings is 1. The molecule has 0 saturated carbocycles. The maximum atomic E-state index is 11.8. The van der Waals surface area contributed by atoms with E-state index >= 15 is 0 Å². The van der Waals surface area contributed by atoms with Crippen LogP contribution in [-0.4, -0.2) is 95.2 Å². The van der Waals surface area contributed by atoms with Crippen LogP contribution in [0.5, 0.6) is 0 Å². The molecule has 3 N–H and O–H groups in total. The molecule has 2 aromatic heterocycles. The van der Waals surface area contributed by atoms with Crippen molar-refractivity contribution in [2.45, 2.75) is 37.9 Å². The molecule has 0 spiro atoms. The van der Waals surface area contributed by atoms with Crippen LogP contribution in [0.4, 0.5) is 5.82 Å². The molecule has 0 aliphatic carbocycles. The van der Waals surface area contributed by atoms with E-state index in [1.807, 2.05) is 0 Å². The average Bonchev–Trinajstić information content (AvgIpc) is 3.60. The predicted octanol–water partition coefficient (Wildman–Crippen LogP) is 1.32. The molecule has 2 aliphatic rings. The van der Waals surface area contributed by atoms with Crippen LogP contribution < -0.4 is 5.32 Å². The number of phosphoric acid groups is 2. The molecule has 4 rings (SSSR count). The van der Waals surface area contributed by atoms with Crippen LogP contribution in [0.1, 0.15) is 13.2 Å². The monoisotopic (exact) mass is 581 g/mol. The molecule has 0 radical (unpaired) electrons. The van der Waals surface area contributed by atoms with E-state index in [1.54, 1.807) is 17.6 Å². The first-order valence-electron chi connectivity index (χ1n) is 11.2. The van der Waals surface area contributed by atoms with Gasteiger partial charge in [-0.25, -0.2) is 24.1 Å². The fourth-order valence-electron chi connectivity index (χ4n) is 3.78. The topological polar surface area (TPSA) is 204 Å². The maximum Gasteiger partial charge on any atom is 0.472 e. The number of phosphoric ester groups is 2. The van der Waals surface area contributed by atoms with Gasteiger partial charge in [-0.05, 0) is 12.5 Å². The highest BCUT2D eigenvalue weighted by molar-refractivity contribution is 7.47. The van der Waals surface area contributed by atoms with E-state index in [2.05, 4.69) is 29.3 Å². The lowest BCUT2D eigenvalue weighted by atomic mass is 10.1. The molecule has 2 aromatic rings. The van der Waals surface area contributed by atoms with Crippen molar-refractivity contribution in [1.82, 2.24) is 19.5 Å². The summed E-state index contributed by atoms with van der Waals surface area (Å²) >= 11 is 0. The summed E-state index contributed by atoms with van der Waals surface area (Å²) in [4.78, 5) is 31.9. The number of rotatable bonds is 13. The van der Waals surface area contributed by atoms with Crippen molar-refractivity contribution >= 4 is 32.6 Å². The Bertz CT molecular complexity index is 1240. The molecule has 0 amide bonds. The molecule has 0 aromatic carbocycles. The summed E-state index contributed by atoms with van der Waals surface area (Å²) in [5, 5.41) is 3.12. The molecule has 7 atom stereocenters. The number of methoxy groups -OCH3 is 1. The predicted molar refractivity (Wildman–Crippen MR) is 128 cm³/mol. The largest absolute Gasteiger partial charge is 0.472 e. The molecule has 38 heavy (non-hydrogen) atoms. The van der Waals surface area contributed by atoms with Gasteiger partial charge in [0.25, 0.3) is 6.48 Å². The van der Waals surface area contributed by atoms with Crippen molar-refractivity contribution in [3.05, 3.63) is 24.3 Å². The van der Waals surface area contributed by atoms with Gasteiger partial charge < -0.3 is 34.1 Å². The molecule has 0 bridgehead atoms. The number of nitrogens with zero attached hydrogens (tertiary/aromatic N) is 4. The summed E-state index contributed by atoms with van der Waals surface area (Å²) in [6.45, 7) is 0.679. The number of ether oxygens (including phenoxy) is 4. The Morgan fingerprint density at radius 2 is 1.79 bits per heavy atom. The number of fused-ring (bicyclic) bond motifs is 2. The van der Waals surface area contributed by atoms with Crippen LogP contribution in [-0.2, 0) is 46.2 Å². The third-order valence-electron chi connectivity index (χ3n) is 5.69. The Kier molecular flexibility index (Phi) is 9.30. The molecule has 3 unspecified atom stereocenters. The number of anilines is 1. The van der Waals surface area contributed by atoms with Gasteiger partial charge in [0.05, 0.1) is 19.5 Å². The number of hydrogen-bond donors (Lipinski definition) is 3. The summed E-state index contributed by atoms with van der Waals surface area (Å²) in [5.74, 6) is 0.428. The normalized spacial score (nSPS) is 28.8. The molecular weight excluding hydrogens is 552 g/mol. The third-order valence-corrected chi connectivity index (χ3v) is 7.54. The molecule has 212 valence electrons. The first-order chi connectivity index (χ1) is 18.1. The van der Waals surface area contributed by atoms with Gasteiger partial charge in [-0.2, -0.15) is 0 Å². The number of aromatic nitrogens is 4. The van der Waals surface area contributed by atoms with Crippen molar-refractivity contribution in [2.24, 2.45) is 0 Å². The van der Waals surface area contributed by atoms with Gasteiger partial charge in [0.15, 0.2) is 23.2 Å². The van der Waals surface area contributed by atoms with Crippen LogP contribution >= 0.6 is 15.6 Å². The van der Waals surface area contributed by atoms with Crippen LogP contribution in [0, 0.1) is 0 Å². The highest BCUT2D eigenvalue weighted by Gasteiger charge is 2.54. The van der Waals surface area contributed by atoms with Gasteiger partial charge in [-0.15, -0.1) is 0 Å². The minimum Gasteiger partial charge on any atom is -0.365 e. The second-order valence-electron chi connectivity index (χ2n) is 8.14. The Morgan fingerprint density at radius 1 is 1.08 bits per heavy atom. The van der Waals surface area contributed by atoms with Gasteiger partial charge in [-0.1, -0.05) is 6.08 Å². The number of nitrogens with one attached hydrogen (secondary N) is 1. The first kappa shape index (κ1) is 29.1. The smallest absolute Gasteiger partial charge is 0.365 e. The van der Waals surface area contributed by atoms with Crippen molar-refractivity contribution in [3.63, 3.8) is 0 Å². The Balaban J connectivity index is 1.49. The molecule has 2 fully saturated rings. The summed E-state index contributed by atoms with van der Waals surface area (Å²) in [6.07, 6.45) is 1.69. The van der Waals surface area contributed by atoms with Gasteiger partial charge in [-0.3, -0.25) is 22.7 Å². The zero-order valence-electron chi connectivity index (χ0n) is 20.9. The van der Waals surface area contributed by atoms with Gasteiger partial charge in [0.1, 0.15) is 24.6 Å². The summed E-state index contributed by atoms with van der Waals surface area (Å²) in [7, 11) is -4.75. The molecule has 19 heteroatoms. The number of hydrogen-bond acceptors (Lipinski definition) is 14. The van der Waals surface area contributed by atoms with E-state index in [-0.39, 0.29) is 13.2 Å². The van der Waals surface area contributed by atoms with Crippen LogP contribution in [0.3, 0.4) is 0 Å². The molecule has 17 nitrogen and oxygen atoms in total. The zero-order chi connectivity index (χ0) is 27.5. The fraction of sp³-hybridized carbons (Fsp3) is 0.632. The first-order valence-corrected chi connectivity index (χ1v) is 14.2. The lowest BCUT2D eigenvalue weighted by Gasteiger charge is -2.21. The van der Waals surface area contributed by atoms with Crippen molar-refractivity contribution in [2.75, 3.05) is 46.4 Å². The summed E-state index contributed by atoms with van der Waals surface area (Å²) < 4.78 is 66.3.